The Balaban J connectivity index is 1.26. The zero-order valence-electron chi connectivity index (χ0n) is 16.5. The number of piperidine rings is 1. The second-order valence-electron chi connectivity index (χ2n) is 7.86. The highest BCUT2D eigenvalue weighted by molar-refractivity contribution is 5.94. The number of amides is 1. The van der Waals surface area contributed by atoms with Crippen LogP contribution in [0.2, 0.25) is 0 Å². The number of aromatic nitrogens is 2. The Labute approximate surface area is 173 Å². The molecule has 3 heterocycles. The molecule has 2 aliphatic heterocycles. The van der Waals surface area contributed by atoms with E-state index < -0.39 is 0 Å². The number of ether oxygens (including phenoxy) is 1. The number of carbonyl (C=O) groups is 1. The van der Waals surface area contributed by atoms with Crippen molar-refractivity contribution in [2.24, 2.45) is 0 Å². The first-order valence-corrected chi connectivity index (χ1v) is 10.3. The van der Waals surface area contributed by atoms with Gasteiger partial charge in [-0.25, -0.2) is 4.39 Å². The molecule has 1 saturated heterocycles. The van der Waals surface area contributed by atoms with E-state index in [1.165, 1.54) is 29.8 Å². The fraction of sp³-hybridized carbons (Fsp3) is 0.348. The molecule has 0 N–H and O–H groups in total. The van der Waals surface area contributed by atoms with Crippen LogP contribution in [0.25, 0.3) is 0 Å². The number of halogens is 1. The first-order valence-electron chi connectivity index (χ1n) is 10.3. The fourth-order valence-corrected chi connectivity index (χ4v) is 4.18. The Morgan fingerprint density at radius 1 is 1.20 bits per heavy atom. The summed E-state index contributed by atoms with van der Waals surface area (Å²) in [6.07, 6.45) is 3.29. The first kappa shape index (κ1) is 18.8. The summed E-state index contributed by atoms with van der Waals surface area (Å²) in [5.74, 6) is 1.74. The van der Waals surface area contributed by atoms with Crippen LogP contribution in [-0.4, -0.2) is 40.6 Å². The molecule has 3 aromatic rings. The molecule has 0 radical (unpaired) electrons. The Hall–Kier alpha value is -3.22. The van der Waals surface area contributed by atoms with Crippen LogP contribution in [0.4, 0.5) is 4.39 Å². The minimum Gasteiger partial charge on any atom is -0.493 e. The maximum absolute atomic E-state index is 13.1. The average Bonchev–Trinajstić information content (AvgIpc) is 3.43. The SMILES string of the molecule is O=C(c1ccc(F)cc1)N1CCCC(c2nc(Cc3ccc4c(c3)CCO4)no2)C1. The summed E-state index contributed by atoms with van der Waals surface area (Å²) in [5, 5.41) is 4.16. The van der Waals surface area contributed by atoms with Crippen molar-refractivity contribution >= 4 is 5.91 Å². The summed E-state index contributed by atoms with van der Waals surface area (Å²) in [4.78, 5) is 19.1. The Morgan fingerprint density at radius 2 is 2.07 bits per heavy atom. The second kappa shape index (κ2) is 7.89. The van der Waals surface area contributed by atoms with Crippen LogP contribution in [0.3, 0.4) is 0 Å². The van der Waals surface area contributed by atoms with Crippen LogP contribution in [-0.2, 0) is 12.8 Å². The maximum Gasteiger partial charge on any atom is 0.253 e. The third-order valence-corrected chi connectivity index (χ3v) is 5.75. The standard InChI is InChI=1S/C23H22FN3O3/c24-19-6-4-16(5-7-19)23(28)27-10-1-2-18(14-27)22-25-21(26-30-22)13-15-3-8-20-17(12-15)9-11-29-20/h3-8,12,18H,1-2,9-11,13-14H2. The molecule has 1 aromatic heterocycles. The van der Waals surface area contributed by atoms with Gasteiger partial charge in [0.2, 0.25) is 5.89 Å². The van der Waals surface area contributed by atoms with Crippen molar-refractivity contribution in [3.05, 3.63) is 76.7 Å². The third kappa shape index (κ3) is 3.79. The monoisotopic (exact) mass is 407 g/mol. The fourth-order valence-electron chi connectivity index (χ4n) is 4.18. The average molecular weight is 407 g/mol. The van der Waals surface area contributed by atoms with E-state index in [9.17, 15) is 9.18 Å². The quantitative estimate of drug-likeness (QED) is 0.659. The minimum absolute atomic E-state index is 0.0119. The lowest BCUT2D eigenvalue weighted by atomic mass is 9.97. The maximum atomic E-state index is 13.1. The number of hydrogen-bond acceptors (Lipinski definition) is 5. The van der Waals surface area contributed by atoms with Crippen molar-refractivity contribution in [1.29, 1.82) is 0 Å². The molecule has 0 aliphatic carbocycles. The van der Waals surface area contributed by atoms with Crippen molar-refractivity contribution in [3.8, 4) is 5.75 Å². The molecule has 1 amide bonds. The predicted molar refractivity (Wildman–Crippen MR) is 107 cm³/mol. The van der Waals surface area contributed by atoms with Gasteiger partial charge in [0.15, 0.2) is 5.82 Å². The van der Waals surface area contributed by atoms with Crippen LogP contribution < -0.4 is 4.74 Å². The van der Waals surface area contributed by atoms with Gasteiger partial charge in [0, 0.05) is 31.5 Å². The summed E-state index contributed by atoms with van der Waals surface area (Å²) in [7, 11) is 0. The molecule has 0 saturated carbocycles. The molecule has 7 heteroatoms. The van der Waals surface area contributed by atoms with Gasteiger partial charge in [-0.15, -0.1) is 0 Å². The van der Waals surface area contributed by atoms with E-state index in [1.54, 1.807) is 4.90 Å². The van der Waals surface area contributed by atoms with Crippen molar-refractivity contribution in [2.45, 2.75) is 31.6 Å². The van der Waals surface area contributed by atoms with Gasteiger partial charge in [-0.1, -0.05) is 17.3 Å². The Bertz CT molecular complexity index is 1060. The molecule has 1 unspecified atom stereocenters. The molecule has 2 aliphatic rings. The van der Waals surface area contributed by atoms with Crippen molar-refractivity contribution < 1.29 is 18.4 Å². The van der Waals surface area contributed by atoms with Crippen molar-refractivity contribution in [1.82, 2.24) is 15.0 Å². The first-order chi connectivity index (χ1) is 14.7. The zero-order chi connectivity index (χ0) is 20.5. The summed E-state index contributed by atoms with van der Waals surface area (Å²) >= 11 is 0. The molecule has 1 fully saturated rings. The smallest absolute Gasteiger partial charge is 0.253 e. The molecule has 1 atom stereocenters. The summed E-state index contributed by atoms with van der Waals surface area (Å²) in [5.41, 5.74) is 2.84. The number of hydrogen-bond donors (Lipinski definition) is 0. The largest absolute Gasteiger partial charge is 0.493 e. The summed E-state index contributed by atoms with van der Waals surface area (Å²) in [6, 6.07) is 11.8. The minimum atomic E-state index is -0.350. The predicted octanol–water partition coefficient (Wildman–Crippen LogP) is 3.75. The number of benzene rings is 2. The van der Waals surface area contributed by atoms with E-state index >= 15 is 0 Å². The lowest BCUT2D eigenvalue weighted by molar-refractivity contribution is 0.0695. The van der Waals surface area contributed by atoms with Crippen molar-refractivity contribution in [2.75, 3.05) is 19.7 Å². The van der Waals surface area contributed by atoms with Crippen LogP contribution in [0.1, 0.15) is 52.0 Å². The van der Waals surface area contributed by atoms with Gasteiger partial charge < -0.3 is 14.2 Å². The number of likely N-dealkylation sites (tertiary alicyclic amines) is 1. The zero-order valence-corrected chi connectivity index (χ0v) is 16.5. The van der Waals surface area contributed by atoms with E-state index in [1.807, 2.05) is 12.1 Å². The van der Waals surface area contributed by atoms with E-state index in [0.717, 1.165) is 37.2 Å². The van der Waals surface area contributed by atoms with Crippen LogP contribution in [0.5, 0.6) is 5.75 Å². The molecule has 30 heavy (non-hydrogen) atoms. The molecule has 2 aromatic carbocycles. The van der Waals surface area contributed by atoms with E-state index in [2.05, 4.69) is 16.2 Å². The molecule has 154 valence electrons. The van der Waals surface area contributed by atoms with Gasteiger partial charge in [0.25, 0.3) is 5.91 Å². The van der Waals surface area contributed by atoms with E-state index in [0.29, 0.717) is 36.8 Å². The van der Waals surface area contributed by atoms with Crippen LogP contribution >= 0.6 is 0 Å². The number of fused-ring (bicyclic) bond motifs is 1. The third-order valence-electron chi connectivity index (χ3n) is 5.75. The summed E-state index contributed by atoms with van der Waals surface area (Å²) in [6.45, 7) is 1.93. The normalized spacial score (nSPS) is 18.2. The highest BCUT2D eigenvalue weighted by Gasteiger charge is 2.29. The number of nitrogens with zero attached hydrogens (tertiary/aromatic N) is 3. The number of carbonyl (C=O) groups excluding carboxylic acids is 1. The highest BCUT2D eigenvalue weighted by Crippen LogP contribution is 2.29. The van der Waals surface area contributed by atoms with Gasteiger partial charge in [-0.05, 0) is 54.3 Å². The van der Waals surface area contributed by atoms with Crippen LogP contribution in [0.15, 0.2) is 47.0 Å². The van der Waals surface area contributed by atoms with Gasteiger partial charge in [0.1, 0.15) is 11.6 Å². The van der Waals surface area contributed by atoms with Crippen molar-refractivity contribution in [3.63, 3.8) is 0 Å². The topological polar surface area (TPSA) is 68.5 Å². The van der Waals surface area contributed by atoms with Crippen LogP contribution in [0, 0.1) is 5.82 Å². The lowest BCUT2D eigenvalue weighted by Crippen LogP contribution is -2.39. The van der Waals surface area contributed by atoms with Gasteiger partial charge in [-0.3, -0.25) is 4.79 Å². The number of rotatable bonds is 4. The van der Waals surface area contributed by atoms with Gasteiger partial charge in [0.05, 0.1) is 12.5 Å². The van der Waals surface area contributed by atoms with E-state index in [-0.39, 0.29) is 17.6 Å². The Kier molecular flexibility index (Phi) is 4.94. The molecule has 5 rings (SSSR count). The van der Waals surface area contributed by atoms with Gasteiger partial charge >= 0.3 is 0 Å². The van der Waals surface area contributed by atoms with E-state index in [4.69, 9.17) is 9.26 Å². The molecular weight excluding hydrogens is 385 g/mol. The summed E-state index contributed by atoms with van der Waals surface area (Å²) < 4.78 is 24.2. The second-order valence-corrected chi connectivity index (χ2v) is 7.86. The molecular formula is C23H22FN3O3. The molecule has 0 bridgehead atoms. The molecule has 6 nitrogen and oxygen atoms in total. The molecule has 0 spiro atoms. The lowest BCUT2D eigenvalue weighted by Gasteiger charge is -2.31. The highest BCUT2D eigenvalue weighted by atomic mass is 19.1. The Morgan fingerprint density at radius 3 is 2.93 bits per heavy atom. The van der Waals surface area contributed by atoms with Gasteiger partial charge in [-0.2, -0.15) is 4.98 Å².